The second-order valence-electron chi connectivity index (χ2n) is 5.00. The third-order valence-corrected chi connectivity index (χ3v) is 4.69. The summed E-state index contributed by atoms with van der Waals surface area (Å²) in [6.07, 6.45) is 1.74. The predicted octanol–water partition coefficient (Wildman–Crippen LogP) is 5.44. The number of nitrogens with zero attached hydrogens (tertiary/aromatic N) is 1. The van der Waals surface area contributed by atoms with Gasteiger partial charge >= 0.3 is 6.03 Å². The summed E-state index contributed by atoms with van der Waals surface area (Å²) in [5.41, 5.74) is 3.51. The fourth-order valence-corrected chi connectivity index (χ4v) is 3.03. The third kappa shape index (κ3) is 4.26. The first-order valence-electron chi connectivity index (χ1n) is 7.09. The van der Waals surface area contributed by atoms with Crippen molar-refractivity contribution in [1.29, 1.82) is 0 Å². The van der Waals surface area contributed by atoms with Gasteiger partial charge in [0.25, 0.3) is 0 Å². The number of carbonyl (C=O) groups excluding carboxylic acids is 1. The lowest BCUT2D eigenvalue weighted by Crippen LogP contribution is -2.28. The summed E-state index contributed by atoms with van der Waals surface area (Å²) in [6.45, 7) is 0.396. The molecular formula is C17H13Cl2N3OS. The van der Waals surface area contributed by atoms with Gasteiger partial charge < -0.3 is 10.6 Å². The van der Waals surface area contributed by atoms with Gasteiger partial charge in [-0.05, 0) is 47.3 Å². The molecule has 0 aliphatic heterocycles. The molecule has 0 radical (unpaired) electrons. The first kappa shape index (κ1) is 16.8. The Labute approximate surface area is 153 Å². The van der Waals surface area contributed by atoms with Crippen molar-refractivity contribution < 1.29 is 4.79 Å². The summed E-state index contributed by atoms with van der Waals surface area (Å²) >= 11 is 13.4. The molecule has 1 aromatic carbocycles. The molecule has 3 rings (SSSR count). The van der Waals surface area contributed by atoms with Crippen LogP contribution in [0.2, 0.25) is 10.0 Å². The molecule has 0 atom stereocenters. The van der Waals surface area contributed by atoms with E-state index in [-0.39, 0.29) is 6.03 Å². The lowest BCUT2D eigenvalue weighted by Gasteiger charge is -2.09. The van der Waals surface area contributed by atoms with Crippen LogP contribution in [0.1, 0.15) is 5.56 Å². The van der Waals surface area contributed by atoms with Crippen LogP contribution >= 0.6 is 34.5 Å². The lowest BCUT2D eigenvalue weighted by molar-refractivity contribution is 0.251. The molecule has 122 valence electrons. The molecule has 0 saturated heterocycles. The number of pyridine rings is 1. The Morgan fingerprint density at radius 1 is 1.12 bits per heavy atom. The number of hydrogen-bond acceptors (Lipinski definition) is 3. The molecule has 2 heterocycles. The summed E-state index contributed by atoms with van der Waals surface area (Å²) in [4.78, 5) is 16.3. The topological polar surface area (TPSA) is 54.0 Å². The number of carbonyl (C=O) groups is 1. The van der Waals surface area contributed by atoms with E-state index in [0.717, 1.165) is 16.8 Å². The van der Waals surface area contributed by atoms with Crippen LogP contribution in [0.5, 0.6) is 0 Å². The minimum atomic E-state index is -0.317. The van der Waals surface area contributed by atoms with Crippen LogP contribution in [0.4, 0.5) is 10.5 Å². The zero-order chi connectivity index (χ0) is 16.9. The molecule has 7 heteroatoms. The van der Waals surface area contributed by atoms with Gasteiger partial charge in [-0.1, -0.05) is 23.2 Å². The van der Waals surface area contributed by atoms with E-state index in [9.17, 15) is 4.79 Å². The average molecular weight is 378 g/mol. The molecule has 2 amide bonds. The zero-order valence-corrected chi connectivity index (χ0v) is 14.8. The SMILES string of the molecule is O=C(NCc1ccnc(-c2ccsc2)c1)Nc1ccc(Cl)c(Cl)c1. The fourth-order valence-electron chi connectivity index (χ4n) is 2.08. The van der Waals surface area contributed by atoms with Gasteiger partial charge in [0, 0.05) is 29.4 Å². The highest BCUT2D eigenvalue weighted by molar-refractivity contribution is 7.08. The van der Waals surface area contributed by atoms with Crippen molar-refractivity contribution in [2.24, 2.45) is 0 Å². The van der Waals surface area contributed by atoms with Crippen molar-refractivity contribution in [2.45, 2.75) is 6.54 Å². The second kappa shape index (κ2) is 7.66. The van der Waals surface area contributed by atoms with Gasteiger partial charge in [0.15, 0.2) is 0 Å². The van der Waals surface area contributed by atoms with E-state index in [4.69, 9.17) is 23.2 Å². The van der Waals surface area contributed by atoms with Gasteiger partial charge in [0.05, 0.1) is 15.7 Å². The molecule has 0 aliphatic carbocycles. The third-order valence-electron chi connectivity index (χ3n) is 3.27. The van der Waals surface area contributed by atoms with E-state index >= 15 is 0 Å². The van der Waals surface area contributed by atoms with Gasteiger partial charge in [-0.15, -0.1) is 0 Å². The molecule has 0 bridgehead atoms. The fraction of sp³-hybridized carbons (Fsp3) is 0.0588. The summed E-state index contributed by atoms with van der Waals surface area (Å²) in [5.74, 6) is 0. The molecule has 2 aromatic heterocycles. The van der Waals surface area contributed by atoms with Gasteiger partial charge in [0.1, 0.15) is 0 Å². The van der Waals surface area contributed by atoms with E-state index in [0.29, 0.717) is 22.3 Å². The molecule has 0 aliphatic rings. The standard InChI is InChI=1S/C17H13Cl2N3OS/c18-14-2-1-13(8-15(14)19)22-17(23)21-9-11-3-5-20-16(7-11)12-4-6-24-10-12/h1-8,10H,9H2,(H2,21,22,23). The van der Waals surface area contributed by atoms with Crippen molar-refractivity contribution in [2.75, 3.05) is 5.32 Å². The molecule has 0 fully saturated rings. The van der Waals surface area contributed by atoms with Crippen molar-refractivity contribution in [1.82, 2.24) is 10.3 Å². The Hall–Kier alpha value is -2.08. The van der Waals surface area contributed by atoms with Gasteiger partial charge in [-0.25, -0.2) is 4.79 Å². The van der Waals surface area contributed by atoms with Gasteiger partial charge in [-0.2, -0.15) is 11.3 Å². The van der Waals surface area contributed by atoms with E-state index < -0.39 is 0 Å². The molecule has 0 unspecified atom stereocenters. The van der Waals surface area contributed by atoms with Gasteiger partial charge in [-0.3, -0.25) is 4.98 Å². The van der Waals surface area contributed by atoms with Crippen LogP contribution in [0.15, 0.2) is 53.4 Å². The molecule has 24 heavy (non-hydrogen) atoms. The smallest absolute Gasteiger partial charge is 0.319 e. The Morgan fingerprint density at radius 3 is 2.75 bits per heavy atom. The average Bonchev–Trinajstić information content (AvgIpc) is 3.11. The number of aromatic nitrogens is 1. The zero-order valence-electron chi connectivity index (χ0n) is 12.4. The Kier molecular flexibility index (Phi) is 5.35. The summed E-state index contributed by atoms with van der Waals surface area (Å²) in [7, 11) is 0. The highest BCUT2D eigenvalue weighted by atomic mass is 35.5. The molecule has 4 nitrogen and oxygen atoms in total. The first-order chi connectivity index (χ1) is 11.6. The quantitative estimate of drug-likeness (QED) is 0.635. The maximum absolute atomic E-state index is 12.0. The van der Waals surface area contributed by atoms with Crippen LogP contribution in [0.25, 0.3) is 11.3 Å². The lowest BCUT2D eigenvalue weighted by atomic mass is 10.1. The summed E-state index contributed by atoms with van der Waals surface area (Å²) < 4.78 is 0. The van der Waals surface area contributed by atoms with E-state index in [1.165, 1.54) is 0 Å². The molecule has 2 N–H and O–H groups in total. The Morgan fingerprint density at radius 2 is 2.00 bits per heavy atom. The van der Waals surface area contributed by atoms with Crippen LogP contribution in [0.3, 0.4) is 0 Å². The maximum atomic E-state index is 12.0. The van der Waals surface area contributed by atoms with Crippen molar-refractivity contribution in [3.8, 4) is 11.3 Å². The second-order valence-corrected chi connectivity index (χ2v) is 6.59. The Bertz CT molecular complexity index is 853. The number of thiophene rings is 1. The molecule has 0 saturated carbocycles. The highest BCUT2D eigenvalue weighted by Gasteiger charge is 2.06. The number of hydrogen-bond donors (Lipinski definition) is 2. The van der Waals surface area contributed by atoms with Crippen molar-refractivity contribution in [3.63, 3.8) is 0 Å². The number of rotatable bonds is 4. The monoisotopic (exact) mass is 377 g/mol. The van der Waals surface area contributed by atoms with Crippen LogP contribution in [0, 0.1) is 0 Å². The molecular weight excluding hydrogens is 365 g/mol. The number of anilines is 1. The number of halogens is 2. The molecule has 3 aromatic rings. The minimum absolute atomic E-state index is 0.317. The predicted molar refractivity (Wildman–Crippen MR) is 99.9 cm³/mol. The number of nitrogens with one attached hydrogen (secondary N) is 2. The number of amides is 2. The van der Waals surface area contributed by atoms with E-state index in [1.54, 1.807) is 35.7 Å². The maximum Gasteiger partial charge on any atom is 0.319 e. The van der Waals surface area contributed by atoms with E-state index in [1.807, 2.05) is 29.0 Å². The first-order valence-corrected chi connectivity index (χ1v) is 8.79. The van der Waals surface area contributed by atoms with Crippen LogP contribution < -0.4 is 10.6 Å². The van der Waals surface area contributed by atoms with E-state index in [2.05, 4.69) is 15.6 Å². The van der Waals surface area contributed by atoms with Crippen molar-refractivity contribution in [3.05, 3.63) is 69.0 Å². The van der Waals surface area contributed by atoms with Crippen LogP contribution in [-0.2, 0) is 6.54 Å². The van der Waals surface area contributed by atoms with Crippen LogP contribution in [-0.4, -0.2) is 11.0 Å². The normalized spacial score (nSPS) is 10.4. The Balaban J connectivity index is 1.60. The number of urea groups is 1. The number of benzene rings is 1. The highest BCUT2D eigenvalue weighted by Crippen LogP contribution is 2.25. The minimum Gasteiger partial charge on any atom is -0.334 e. The summed E-state index contributed by atoms with van der Waals surface area (Å²) in [6, 6.07) is 10.5. The molecule has 0 spiro atoms. The van der Waals surface area contributed by atoms with Crippen molar-refractivity contribution >= 4 is 46.3 Å². The largest absolute Gasteiger partial charge is 0.334 e. The van der Waals surface area contributed by atoms with Gasteiger partial charge in [0.2, 0.25) is 0 Å². The summed E-state index contributed by atoms with van der Waals surface area (Å²) in [5, 5.41) is 10.4.